The standard InChI is InChI=1S/C11H22N4O/c1-14(2)7-5-6-10(12)9-8-13-15(3)11(9)16-4/h8,10H,5-7,12H2,1-4H3. The van der Waals surface area contributed by atoms with E-state index >= 15 is 0 Å². The van der Waals surface area contributed by atoms with Crippen LogP contribution >= 0.6 is 0 Å². The molecule has 2 N–H and O–H groups in total. The molecule has 0 aromatic carbocycles. The molecule has 16 heavy (non-hydrogen) atoms. The number of rotatable bonds is 6. The van der Waals surface area contributed by atoms with Crippen LogP contribution in [0.5, 0.6) is 5.88 Å². The molecule has 0 amide bonds. The fourth-order valence-electron chi connectivity index (χ4n) is 1.73. The van der Waals surface area contributed by atoms with Crippen LogP contribution in [0, 0.1) is 0 Å². The van der Waals surface area contributed by atoms with Gasteiger partial charge < -0.3 is 15.4 Å². The van der Waals surface area contributed by atoms with E-state index in [-0.39, 0.29) is 6.04 Å². The van der Waals surface area contributed by atoms with E-state index in [1.54, 1.807) is 18.0 Å². The molecule has 0 aliphatic carbocycles. The number of hydrogen-bond donors (Lipinski definition) is 1. The van der Waals surface area contributed by atoms with E-state index in [0.717, 1.165) is 30.8 Å². The first-order valence-electron chi connectivity index (χ1n) is 5.52. The first-order chi connectivity index (χ1) is 7.56. The Morgan fingerprint density at radius 3 is 2.81 bits per heavy atom. The second-order valence-electron chi connectivity index (χ2n) is 4.28. The number of aryl methyl sites for hydroxylation is 1. The highest BCUT2D eigenvalue weighted by Crippen LogP contribution is 2.25. The van der Waals surface area contributed by atoms with Gasteiger partial charge >= 0.3 is 0 Å². The van der Waals surface area contributed by atoms with Crippen LogP contribution < -0.4 is 10.5 Å². The maximum Gasteiger partial charge on any atom is 0.216 e. The van der Waals surface area contributed by atoms with Crippen molar-refractivity contribution >= 4 is 0 Å². The topological polar surface area (TPSA) is 56.3 Å². The molecule has 1 atom stereocenters. The lowest BCUT2D eigenvalue weighted by molar-refractivity contribution is 0.360. The zero-order chi connectivity index (χ0) is 12.1. The molecule has 0 bridgehead atoms. The zero-order valence-electron chi connectivity index (χ0n) is 10.6. The summed E-state index contributed by atoms with van der Waals surface area (Å²) in [5.74, 6) is 0.761. The molecule has 0 aliphatic heterocycles. The van der Waals surface area contributed by atoms with Gasteiger partial charge in [0.15, 0.2) is 0 Å². The van der Waals surface area contributed by atoms with Gasteiger partial charge in [0, 0.05) is 13.1 Å². The van der Waals surface area contributed by atoms with Gasteiger partial charge in [-0.15, -0.1) is 0 Å². The average Bonchev–Trinajstić information content (AvgIpc) is 2.58. The third kappa shape index (κ3) is 3.21. The highest BCUT2D eigenvalue weighted by molar-refractivity contribution is 5.27. The normalized spacial score (nSPS) is 13.1. The lowest BCUT2D eigenvalue weighted by atomic mass is 10.1. The van der Waals surface area contributed by atoms with Crippen LogP contribution in [0.15, 0.2) is 6.20 Å². The molecule has 5 nitrogen and oxygen atoms in total. The maximum atomic E-state index is 6.12. The molecule has 1 aromatic heterocycles. The molecule has 92 valence electrons. The molecule has 0 aliphatic rings. The molecular formula is C11H22N4O. The Bertz CT molecular complexity index is 322. The minimum atomic E-state index is 0.00333. The van der Waals surface area contributed by atoms with E-state index in [2.05, 4.69) is 24.1 Å². The summed E-state index contributed by atoms with van der Waals surface area (Å²) < 4.78 is 6.98. The minimum Gasteiger partial charge on any atom is -0.481 e. The van der Waals surface area contributed by atoms with Crippen molar-refractivity contribution in [1.82, 2.24) is 14.7 Å². The van der Waals surface area contributed by atoms with Gasteiger partial charge in [-0.25, -0.2) is 4.68 Å². The zero-order valence-corrected chi connectivity index (χ0v) is 10.6. The first-order valence-corrected chi connectivity index (χ1v) is 5.52. The van der Waals surface area contributed by atoms with Gasteiger partial charge in [-0.1, -0.05) is 0 Å². The molecule has 1 rings (SSSR count). The molecule has 0 spiro atoms. The number of nitrogens with two attached hydrogens (primary N) is 1. The predicted molar refractivity (Wildman–Crippen MR) is 64.5 cm³/mol. The predicted octanol–water partition coefficient (Wildman–Crippen LogP) is 0.770. The molecule has 5 heteroatoms. The van der Waals surface area contributed by atoms with Crippen LogP contribution in [0.2, 0.25) is 0 Å². The summed E-state index contributed by atoms with van der Waals surface area (Å²) in [6, 6.07) is 0.00333. The third-order valence-electron chi connectivity index (χ3n) is 2.62. The average molecular weight is 226 g/mol. The third-order valence-corrected chi connectivity index (χ3v) is 2.62. The van der Waals surface area contributed by atoms with Crippen molar-refractivity contribution in [2.45, 2.75) is 18.9 Å². The van der Waals surface area contributed by atoms with Gasteiger partial charge in [0.2, 0.25) is 5.88 Å². The van der Waals surface area contributed by atoms with Crippen LogP contribution in [0.3, 0.4) is 0 Å². The van der Waals surface area contributed by atoms with Crippen LogP contribution in [0.25, 0.3) is 0 Å². The van der Waals surface area contributed by atoms with Crippen LogP contribution in [-0.4, -0.2) is 42.4 Å². The van der Waals surface area contributed by atoms with Crippen molar-refractivity contribution in [3.8, 4) is 5.88 Å². The fourth-order valence-corrected chi connectivity index (χ4v) is 1.73. The Labute approximate surface area is 97.2 Å². The molecule has 0 radical (unpaired) electrons. The van der Waals surface area contributed by atoms with Crippen molar-refractivity contribution in [1.29, 1.82) is 0 Å². The van der Waals surface area contributed by atoms with Crippen molar-refractivity contribution < 1.29 is 4.74 Å². The summed E-state index contributed by atoms with van der Waals surface area (Å²) in [6.45, 7) is 1.05. The molecule has 1 unspecified atom stereocenters. The second kappa shape index (κ2) is 5.86. The Morgan fingerprint density at radius 2 is 2.25 bits per heavy atom. The Balaban J connectivity index is 2.55. The van der Waals surface area contributed by atoms with E-state index < -0.39 is 0 Å². The van der Waals surface area contributed by atoms with Crippen molar-refractivity contribution in [3.05, 3.63) is 11.8 Å². The number of aromatic nitrogens is 2. The van der Waals surface area contributed by atoms with Crippen molar-refractivity contribution in [3.63, 3.8) is 0 Å². The summed E-state index contributed by atoms with van der Waals surface area (Å²) in [7, 11) is 7.63. The van der Waals surface area contributed by atoms with Crippen molar-refractivity contribution in [2.75, 3.05) is 27.7 Å². The van der Waals surface area contributed by atoms with E-state index in [4.69, 9.17) is 10.5 Å². The Hall–Kier alpha value is -1.07. The first kappa shape index (κ1) is 13.0. The van der Waals surface area contributed by atoms with Gasteiger partial charge in [0.1, 0.15) is 0 Å². The van der Waals surface area contributed by atoms with Gasteiger partial charge in [0.05, 0.1) is 18.9 Å². The molecular weight excluding hydrogens is 204 g/mol. The van der Waals surface area contributed by atoms with E-state index in [1.807, 2.05) is 7.05 Å². The summed E-state index contributed by atoms with van der Waals surface area (Å²) in [6.07, 6.45) is 3.81. The van der Waals surface area contributed by atoms with E-state index in [9.17, 15) is 0 Å². The summed E-state index contributed by atoms with van der Waals surface area (Å²) in [5.41, 5.74) is 7.11. The Kier molecular flexibility index (Phi) is 4.76. The lowest BCUT2D eigenvalue weighted by Gasteiger charge is -2.14. The maximum absolute atomic E-state index is 6.12. The van der Waals surface area contributed by atoms with Gasteiger partial charge in [-0.2, -0.15) is 5.10 Å². The number of nitrogens with zero attached hydrogens (tertiary/aromatic N) is 3. The lowest BCUT2D eigenvalue weighted by Crippen LogP contribution is -2.17. The van der Waals surface area contributed by atoms with Gasteiger partial charge in [-0.3, -0.25) is 0 Å². The van der Waals surface area contributed by atoms with E-state index in [1.165, 1.54) is 0 Å². The van der Waals surface area contributed by atoms with Gasteiger partial charge in [0.25, 0.3) is 0 Å². The van der Waals surface area contributed by atoms with Crippen LogP contribution in [-0.2, 0) is 7.05 Å². The quantitative estimate of drug-likeness (QED) is 0.778. The largest absolute Gasteiger partial charge is 0.481 e. The molecule has 0 fully saturated rings. The number of methoxy groups -OCH3 is 1. The SMILES string of the molecule is COc1c(C(N)CCCN(C)C)cnn1C. The highest BCUT2D eigenvalue weighted by atomic mass is 16.5. The summed E-state index contributed by atoms with van der Waals surface area (Å²) in [5, 5.41) is 4.15. The summed E-state index contributed by atoms with van der Waals surface area (Å²) in [4.78, 5) is 2.16. The highest BCUT2D eigenvalue weighted by Gasteiger charge is 2.15. The monoisotopic (exact) mass is 226 g/mol. The smallest absolute Gasteiger partial charge is 0.216 e. The van der Waals surface area contributed by atoms with Gasteiger partial charge in [-0.05, 0) is 33.5 Å². The molecule has 1 aromatic rings. The van der Waals surface area contributed by atoms with Crippen LogP contribution in [0.4, 0.5) is 0 Å². The van der Waals surface area contributed by atoms with Crippen molar-refractivity contribution in [2.24, 2.45) is 12.8 Å². The number of hydrogen-bond acceptors (Lipinski definition) is 4. The molecule has 1 heterocycles. The Morgan fingerprint density at radius 1 is 1.56 bits per heavy atom. The minimum absolute atomic E-state index is 0.00333. The second-order valence-corrected chi connectivity index (χ2v) is 4.28. The fraction of sp³-hybridized carbons (Fsp3) is 0.727. The summed E-state index contributed by atoms with van der Waals surface area (Å²) >= 11 is 0. The molecule has 0 saturated heterocycles. The number of ether oxygens (including phenoxy) is 1. The van der Waals surface area contributed by atoms with Crippen LogP contribution in [0.1, 0.15) is 24.4 Å². The van der Waals surface area contributed by atoms with E-state index in [0.29, 0.717) is 0 Å². The molecule has 0 saturated carbocycles.